The SMILES string of the molecule is CC(C)(CCC(=O)N1CCC[C@@H](C(=O)O)C1)NC(=O)OCC1c2ccccc2-c2ccccc21. The van der Waals surface area contributed by atoms with Gasteiger partial charge in [0.05, 0.1) is 5.92 Å². The first-order chi connectivity index (χ1) is 16.2. The standard InChI is InChI=1S/C27H32N2O5/c1-27(2,14-13-24(30)29-15-7-8-18(16-29)25(31)32)28-26(33)34-17-23-21-11-5-3-9-19(21)20-10-4-6-12-22(20)23/h3-6,9-12,18,23H,7-8,13-17H2,1-2H3,(H,28,33)(H,31,32)/t18-/m1/s1. The summed E-state index contributed by atoms with van der Waals surface area (Å²) in [7, 11) is 0. The number of carboxylic acids is 1. The zero-order valence-corrected chi connectivity index (χ0v) is 19.8. The predicted molar refractivity (Wildman–Crippen MR) is 128 cm³/mol. The highest BCUT2D eigenvalue weighted by Gasteiger charge is 2.31. The first-order valence-electron chi connectivity index (χ1n) is 11.9. The molecule has 0 radical (unpaired) electrons. The number of ether oxygens (including phenoxy) is 1. The number of carbonyl (C=O) groups is 3. The molecule has 0 unspecified atom stereocenters. The van der Waals surface area contributed by atoms with Gasteiger partial charge in [-0.05, 0) is 55.4 Å². The van der Waals surface area contributed by atoms with Crippen molar-refractivity contribution in [1.29, 1.82) is 0 Å². The van der Waals surface area contributed by atoms with E-state index < -0.39 is 23.5 Å². The van der Waals surface area contributed by atoms with Crippen LogP contribution < -0.4 is 5.32 Å². The molecule has 2 aromatic rings. The number of carboxylic acid groups (broad SMARTS) is 1. The van der Waals surface area contributed by atoms with Crippen LogP contribution in [0.15, 0.2) is 48.5 Å². The topological polar surface area (TPSA) is 95.9 Å². The molecule has 2 aliphatic rings. The van der Waals surface area contributed by atoms with Gasteiger partial charge in [-0.3, -0.25) is 9.59 Å². The summed E-state index contributed by atoms with van der Waals surface area (Å²) in [5, 5.41) is 12.1. The van der Waals surface area contributed by atoms with Crippen LogP contribution in [0.25, 0.3) is 11.1 Å². The predicted octanol–water partition coefficient (Wildman–Crippen LogP) is 4.41. The third-order valence-corrected chi connectivity index (χ3v) is 6.87. The van der Waals surface area contributed by atoms with E-state index in [1.54, 1.807) is 4.90 Å². The van der Waals surface area contributed by atoms with Crippen molar-refractivity contribution in [2.24, 2.45) is 5.92 Å². The Labute approximate surface area is 200 Å². The normalized spacial score (nSPS) is 17.6. The second kappa shape index (κ2) is 9.87. The Hall–Kier alpha value is -3.35. The number of benzene rings is 2. The monoisotopic (exact) mass is 464 g/mol. The number of alkyl carbamates (subject to hydrolysis) is 1. The van der Waals surface area contributed by atoms with Crippen molar-refractivity contribution in [2.45, 2.75) is 51.0 Å². The van der Waals surface area contributed by atoms with Gasteiger partial charge in [0.25, 0.3) is 0 Å². The zero-order chi connectivity index (χ0) is 24.3. The van der Waals surface area contributed by atoms with Crippen molar-refractivity contribution in [3.63, 3.8) is 0 Å². The first-order valence-corrected chi connectivity index (χ1v) is 11.9. The van der Waals surface area contributed by atoms with Crippen LogP contribution in [0.2, 0.25) is 0 Å². The molecule has 1 aliphatic carbocycles. The maximum Gasteiger partial charge on any atom is 0.407 e. The summed E-state index contributed by atoms with van der Waals surface area (Å²) < 4.78 is 5.63. The molecule has 180 valence electrons. The highest BCUT2D eigenvalue weighted by molar-refractivity contribution is 5.79. The van der Waals surface area contributed by atoms with Crippen molar-refractivity contribution >= 4 is 18.0 Å². The average molecular weight is 465 g/mol. The number of likely N-dealkylation sites (tertiary alicyclic amines) is 1. The lowest BCUT2D eigenvalue weighted by atomic mass is 9.95. The van der Waals surface area contributed by atoms with Crippen LogP contribution in [-0.4, -0.2) is 53.2 Å². The highest BCUT2D eigenvalue weighted by atomic mass is 16.5. The Balaban J connectivity index is 1.29. The third kappa shape index (κ3) is 5.24. The number of amides is 2. The van der Waals surface area contributed by atoms with Crippen molar-refractivity contribution in [3.8, 4) is 11.1 Å². The quantitative estimate of drug-likeness (QED) is 0.633. The van der Waals surface area contributed by atoms with Gasteiger partial charge in [-0.15, -0.1) is 0 Å². The van der Waals surface area contributed by atoms with Crippen molar-refractivity contribution in [3.05, 3.63) is 59.7 Å². The number of piperidine rings is 1. The largest absolute Gasteiger partial charge is 0.481 e. The maximum absolute atomic E-state index is 12.6. The van der Waals surface area contributed by atoms with Crippen LogP contribution in [0.1, 0.15) is 56.6 Å². The molecule has 1 saturated heterocycles. The first kappa shape index (κ1) is 23.8. The Bertz CT molecular complexity index is 1030. The second-order valence-electron chi connectivity index (χ2n) is 9.85. The van der Waals surface area contributed by atoms with E-state index in [2.05, 4.69) is 29.6 Å². The molecule has 1 atom stereocenters. The molecular weight excluding hydrogens is 432 g/mol. The minimum atomic E-state index is -0.852. The van der Waals surface area contributed by atoms with E-state index in [0.717, 1.165) is 11.1 Å². The molecule has 2 N–H and O–H groups in total. The van der Waals surface area contributed by atoms with Crippen molar-refractivity contribution < 1.29 is 24.2 Å². The van der Waals surface area contributed by atoms with Crippen molar-refractivity contribution in [2.75, 3.05) is 19.7 Å². The molecule has 0 saturated carbocycles. The van der Waals surface area contributed by atoms with Crippen LogP contribution in [-0.2, 0) is 14.3 Å². The number of hydrogen-bond acceptors (Lipinski definition) is 4. The third-order valence-electron chi connectivity index (χ3n) is 6.87. The smallest absolute Gasteiger partial charge is 0.407 e. The van der Waals surface area contributed by atoms with Gasteiger partial charge >= 0.3 is 12.1 Å². The van der Waals surface area contributed by atoms with E-state index >= 15 is 0 Å². The summed E-state index contributed by atoms with van der Waals surface area (Å²) in [5.41, 5.74) is 4.02. The summed E-state index contributed by atoms with van der Waals surface area (Å²) in [5.74, 6) is -1.43. The summed E-state index contributed by atoms with van der Waals surface area (Å²) >= 11 is 0. The number of nitrogens with one attached hydrogen (secondary N) is 1. The molecule has 34 heavy (non-hydrogen) atoms. The number of carbonyl (C=O) groups excluding carboxylic acids is 2. The number of nitrogens with zero attached hydrogens (tertiary/aromatic N) is 1. The second-order valence-corrected chi connectivity index (χ2v) is 9.85. The van der Waals surface area contributed by atoms with Gasteiger partial charge in [0.2, 0.25) is 5.91 Å². The summed E-state index contributed by atoms with van der Waals surface area (Å²) in [4.78, 5) is 38.1. The van der Waals surface area contributed by atoms with E-state index in [1.165, 1.54) is 11.1 Å². The summed E-state index contributed by atoms with van der Waals surface area (Å²) in [6.07, 6.45) is 1.47. The molecule has 4 rings (SSSR count). The summed E-state index contributed by atoms with van der Waals surface area (Å²) in [6.45, 7) is 4.80. The lowest BCUT2D eigenvalue weighted by Crippen LogP contribution is -2.46. The number of aliphatic carboxylic acids is 1. The molecule has 0 spiro atoms. The highest BCUT2D eigenvalue weighted by Crippen LogP contribution is 2.44. The number of rotatable bonds is 7. The zero-order valence-electron chi connectivity index (χ0n) is 19.8. The molecule has 7 nitrogen and oxygen atoms in total. The van der Waals surface area contributed by atoms with Gasteiger partial charge in [0.15, 0.2) is 0 Å². The Morgan fingerprint density at radius 2 is 1.68 bits per heavy atom. The van der Waals surface area contributed by atoms with Crippen LogP contribution in [0.4, 0.5) is 4.79 Å². The Kier molecular flexibility index (Phi) is 6.91. The van der Waals surface area contributed by atoms with Crippen molar-refractivity contribution in [1.82, 2.24) is 10.2 Å². The molecule has 2 amide bonds. The van der Waals surface area contributed by atoms with E-state index in [1.807, 2.05) is 38.1 Å². The van der Waals surface area contributed by atoms with Gasteiger partial charge in [-0.2, -0.15) is 0 Å². The number of fused-ring (bicyclic) bond motifs is 3. The molecule has 0 aromatic heterocycles. The van der Waals surface area contributed by atoms with E-state index in [9.17, 15) is 19.5 Å². The van der Waals surface area contributed by atoms with Gasteiger partial charge in [-0.1, -0.05) is 48.5 Å². The lowest BCUT2D eigenvalue weighted by Gasteiger charge is -2.32. The Morgan fingerprint density at radius 3 is 2.29 bits per heavy atom. The fourth-order valence-electron chi connectivity index (χ4n) is 4.96. The van der Waals surface area contributed by atoms with E-state index in [-0.39, 0.29) is 31.4 Å². The van der Waals surface area contributed by atoms with Crippen LogP contribution in [0.3, 0.4) is 0 Å². The minimum absolute atomic E-state index is 0.0101. The van der Waals surface area contributed by atoms with Crippen LogP contribution in [0.5, 0.6) is 0 Å². The van der Waals surface area contributed by atoms with Gasteiger partial charge in [-0.25, -0.2) is 4.79 Å². The molecule has 2 aromatic carbocycles. The molecule has 1 aliphatic heterocycles. The maximum atomic E-state index is 12.6. The van der Waals surface area contributed by atoms with Gasteiger partial charge in [0.1, 0.15) is 6.61 Å². The van der Waals surface area contributed by atoms with Crippen LogP contribution >= 0.6 is 0 Å². The number of hydrogen-bond donors (Lipinski definition) is 2. The van der Waals surface area contributed by atoms with Gasteiger partial charge < -0.3 is 20.1 Å². The average Bonchev–Trinajstić information content (AvgIpc) is 3.15. The minimum Gasteiger partial charge on any atom is -0.481 e. The van der Waals surface area contributed by atoms with Crippen LogP contribution in [0, 0.1) is 5.92 Å². The molecule has 1 heterocycles. The Morgan fingerprint density at radius 1 is 1.06 bits per heavy atom. The fraction of sp³-hybridized carbons (Fsp3) is 0.444. The molecular formula is C27H32N2O5. The molecule has 1 fully saturated rings. The van der Waals surface area contributed by atoms with E-state index in [4.69, 9.17) is 4.74 Å². The molecule has 7 heteroatoms. The van der Waals surface area contributed by atoms with E-state index in [0.29, 0.717) is 25.8 Å². The molecule has 0 bridgehead atoms. The fourth-order valence-corrected chi connectivity index (χ4v) is 4.96. The lowest BCUT2D eigenvalue weighted by molar-refractivity contribution is -0.145. The summed E-state index contributed by atoms with van der Waals surface area (Å²) in [6, 6.07) is 16.4. The van der Waals surface area contributed by atoms with Gasteiger partial charge in [0, 0.05) is 31.0 Å².